The molecule has 0 aliphatic heterocycles. The molecule has 0 atom stereocenters. The van der Waals surface area contributed by atoms with Gasteiger partial charge in [-0.25, -0.2) is 0 Å². The van der Waals surface area contributed by atoms with Gasteiger partial charge in [0, 0.05) is 44.1 Å². The third kappa shape index (κ3) is 3.59. The van der Waals surface area contributed by atoms with E-state index in [0.717, 1.165) is 12.8 Å². The number of nitrogens with one attached hydrogen (secondary N) is 1. The van der Waals surface area contributed by atoms with Crippen molar-refractivity contribution in [2.24, 2.45) is 0 Å². The second-order valence-electron chi connectivity index (χ2n) is 11.4. The zero-order chi connectivity index (χ0) is 27.6. The number of H-pyrrole nitrogens is 1. The quantitative estimate of drug-likeness (QED) is 0.232. The minimum Gasteiger partial charge on any atom is -0.355 e. The average molecular weight is 537 g/mol. The van der Waals surface area contributed by atoms with Crippen LogP contribution in [0.4, 0.5) is 0 Å². The fourth-order valence-corrected chi connectivity index (χ4v) is 6.92. The zero-order valence-electron chi connectivity index (χ0n) is 23.1. The van der Waals surface area contributed by atoms with E-state index in [1.54, 1.807) is 0 Å². The van der Waals surface area contributed by atoms with Gasteiger partial charge in [-0.1, -0.05) is 91.0 Å². The number of aromatic amines is 1. The third-order valence-corrected chi connectivity index (χ3v) is 8.97. The van der Waals surface area contributed by atoms with E-state index >= 15 is 0 Å². The molecule has 0 saturated carbocycles. The highest BCUT2D eigenvalue weighted by molar-refractivity contribution is 6.08. The maximum atomic E-state index is 3.56. The summed E-state index contributed by atoms with van der Waals surface area (Å²) in [6.07, 6.45) is 6.76. The summed E-state index contributed by atoms with van der Waals surface area (Å²) in [7, 11) is 0. The Hall–Kier alpha value is -5.34. The van der Waals surface area contributed by atoms with Crippen LogP contribution in [0.5, 0.6) is 0 Å². The summed E-state index contributed by atoms with van der Waals surface area (Å²) in [5.74, 6) is 0. The Bertz CT molecular complexity index is 2360. The Balaban J connectivity index is 1.20. The Morgan fingerprint density at radius 3 is 2.21 bits per heavy atom. The first kappa shape index (κ1) is 23.4. The molecular weight excluding hydrogens is 508 g/mol. The normalized spacial score (nSPS) is 13.0. The molecule has 0 amide bonds. The predicted molar refractivity (Wildman–Crippen MR) is 178 cm³/mol. The molecule has 0 spiro atoms. The molecule has 0 bridgehead atoms. The molecule has 42 heavy (non-hydrogen) atoms. The van der Waals surface area contributed by atoms with Gasteiger partial charge in [0.25, 0.3) is 0 Å². The summed E-state index contributed by atoms with van der Waals surface area (Å²) in [4.78, 5) is 3.56. The lowest BCUT2D eigenvalue weighted by Gasteiger charge is -2.15. The number of hydrogen-bond donors (Lipinski definition) is 1. The number of fused-ring (bicyclic) bond motifs is 7. The summed E-state index contributed by atoms with van der Waals surface area (Å²) in [6, 6.07) is 46.7. The fraction of sp³-hybridized carbons (Fsp3) is 0.0500. The van der Waals surface area contributed by atoms with Gasteiger partial charge in [-0.2, -0.15) is 0 Å². The van der Waals surface area contributed by atoms with Crippen molar-refractivity contribution in [2.75, 3.05) is 0 Å². The van der Waals surface area contributed by atoms with Crippen LogP contribution < -0.4 is 0 Å². The number of para-hydroxylation sites is 1. The van der Waals surface area contributed by atoms with Gasteiger partial charge >= 0.3 is 0 Å². The lowest BCUT2D eigenvalue weighted by molar-refractivity contribution is 0.889. The van der Waals surface area contributed by atoms with E-state index in [9.17, 15) is 0 Å². The van der Waals surface area contributed by atoms with Gasteiger partial charge in [0.05, 0.1) is 5.52 Å². The van der Waals surface area contributed by atoms with E-state index in [1.165, 1.54) is 82.7 Å². The van der Waals surface area contributed by atoms with Gasteiger partial charge in [0.1, 0.15) is 0 Å². The van der Waals surface area contributed by atoms with Gasteiger partial charge in [-0.05, 0) is 94.4 Å². The maximum absolute atomic E-state index is 3.56. The molecule has 1 aliphatic rings. The SMILES string of the molecule is C1=Cc2c(n(-c3cccc(-c4ccc5ccccc5c4)c3)c3ccc(-c4ccc5[nH]c6ccccc6c5c4)cc23)CC1. The van der Waals surface area contributed by atoms with Gasteiger partial charge in [-0.3, -0.25) is 0 Å². The number of nitrogens with zero attached hydrogens (tertiary/aromatic N) is 1. The van der Waals surface area contributed by atoms with Crippen molar-refractivity contribution in [1.82, 2.24) is 9.55 Å². The molecule has 6 aromatic carbocycles. The van der Waals surface area contributed by atoms with Crippen LogP contribution in [0.25, 0.3) is 77.5 Å². The van der Waals surface area contributed by atoms with Crippen LogP contribution in [0.1, 0.15) is 17.7 Å². The minimum atomic E-state index is 1.04. The predicted octanol–water partition coefficient (Wildman–Crippen LogP) is 10.7. The molecule has 2 heterocycles. The van der Waals surface area contributed by atoms with Crippen LogP contribution >= 0.6 is 0 Å². The van der Waals surface area contributed by atoms with E-state index in [2.05, 4.69) is 149 Å². The molecule has 2 heteroatoms. The van der Waals surface area contributed by atoms with Crippen molar-refractivity contribution in [3.8, 4) is 27.9 Å². The van der Waals surface area contributed by atoms with Crippen molar-refractivity contribution in [1.29, 1.82) is 0 Å². The zero-order valence-corrected chi connectivity index (χ0v) is 23.1. The molecule has 8 aromatic rings. The topological polar surface area (TPSA) is 20.7 Å². The molecule has 9 rings (SSSR count). The lowest BCUT2D eigenvalue weighted by atomic mass is 9.98. The third-order valence-electron chi connectivity index (χ3n) is 8.97. The highest BCUT2D eigenvalue weighted by Crippen LogP contribution is 2.38. The van der Waals surface area contributed by atoms with Crippen LogP contribution in [0.15, 0.2) is 133 Å². The molecule has 1 N–H and O–H groups in total. The molecule has 0 radical (unpaired) electrons. The van der Waals surface area contributed by atoms with Crippen LogP contribution in [-0.4, -0.2) is 9.55 Å². The highest BCUT2D eigenvalue weighted by Gasteiger charge is 2.20. The number of aromatic nitrogens is 2. The van der Waals surface area contributed by atoms with E-state index in [0.29, 0.717) is 0 Å². The van der Waals surface area contributed by atoms with E-state index < -0.39 is 0 Å². The van der Waals surface area contributed by atoms with Crippen molar-refractivity contribution in [2.45, 2.75) is 12.8 Å². The summed E-state index contributed by atoms with van der Waals surface area (Å²) >= 11 is 0. The van der Waals surface area contributed by atoms with Crippen molar-refractivity contribution in [3.05, 3.63) is 145 Å². The van der Waals surface area contributed by atoms with Crippen molar-refractivity contribution < 1.29 is 0 Å². The first-order valence-electron chi connectivity index (χ1n) is 14.7. The molecule has 0 unspecified atom stereocenters. The largest absolute Gasteiger partial charge is 0.355 e. The van der Waals surface area contributed by atoms with Gasteiger partial charge in [0.2, 0.25) is 0 Å². The summed E-state index contributed by atoms with van der Waals surface area (Å²) in [5, 5.41) is 6.40. The Labute approximate surface area is 244 Å². The summed E-state index contributed by atoms with van der Waals surface area (Å²) < 4.78 is 2.49. The monoisotopic (exact) mass is 536 g/mol. The second-order valence-corrected chi connectivity index (χ2v) is 11.4. The molecule has 0 saturated heterocycles. The Kier molecular flexibility index (Phi) is 5.06. The first-order valence-corrected chi connectivity index (χ1v) is 14.7. The van der Waals surface area contributed by atoms with E-state index in [1.807, 2.05) is 0 Å². The fourth-order valence-electron chi connectivity index (χ4n) is 6.92. The van der Waals surface area contributed by atoms with Crippen LogP contribution in [0.3, 0.4) is 0 Å². The highest BCUT2D eigenvalue weighted by atomic mass is 15.0. The molecule has 1 aliphatic carbocycles. The van der Waals surface area contributed by atoms with Gasteiger partial charge < -0.3 is 9.55 Å². The summed E-state index contributed by atoms with van der Waals surface area (Å²) in [6.45, 7) is 0. The Morgan fingerprint density at radius 2 is 1.26 bits per heavy atom. The standard InChI is InChI=1S/C40H28N2/c1-2-9-27-22-29(17-16-26(27)8-1)28-10-7-11-32(23-28)42-39-15-6-4-13-34(39)36-25-31(19-21-40(36)42)30-18-20-38-35(24-30)33-12-3-5-14-37(33)41-38/h1-5,7-14,16-25,41H,6,15H2. The number of benzene rings is 6. The van der Waals surface area contributed by atoms with Crippen molar-refractivity contribution in [3.63, 3.8) is 0 Å². The number of hydrogen-bond acceptors (Lipinski definition) is 0. The van der Waals surface area contributed by atoms with E-state index in [-0.39, 0.29) is 0 Å². The molecule has 0 fully saturated rings. The van der Waals surface area contributed by atoms with Crippen LogP contribution in [0, 0.1) is 0 Å². The molecular formula is C40H28N2. The molecule has 198 valence electrons. The minimum absolute atomic E-state index is 1.04. The first-order chi connectivity index (χ1) is 20.8. The van der Waals surface area contributed by atoms with Crippen molar-refractivity contribution >= 4 is 49.6 Å². The summed E-state index contributed by atoms with van der Waals surface area (Å²) in [5.41, 5.74) is 12.6. The molecule has 2 nitrogen and oxygen atoms in total. The number of rotatable bonds is 3. The van der Waals surface area contributed by atoms with Crippen LogP contribution in [0.2, 0.25) is 0 Å². The lowest BCUT2D eigenvalue weighted by Crippen LogP contribution is -2.03. The second kappa shape index (κ2) is 9.09. The smallest absolute Gasteiger partial charge is 0.0538 e. The maximum Gasteiger partial charge on any atom is 0.0538 e. The van der Waals surface area contributed by atoms with E-state index in [4.69, 9.17) is 0 Å². The Morgan fingerprint density at radius 1 is 0.524 bits per heavy atom. The molecule has 2 aromatic heterocycles. The number of allylic oxidation sites excluding steroid dienone is 1. The average Bonchev–Trinajstić information content (AvgIpc) is 3.59. The van der Waals surface area contributed by atoms with Crippen LogP contribution in [-0.2, 0) is 6.42 Å². The van der Waals surface area contributed by atoms with Gasteiger partial charge in [-0.15, -0.1) is 0 Å². The van der Waals surface area contributed by atoms with Gasteiger partial charge in [0.15, 0.2) is 0 Å².